The number of benzene rings is 1. The van der Waals surface area contributed by atoms with Crippen LogP contribution in [0.3, 0.4) is 0 Å². The Morgan fingerprint density at radius 1 is 1.21 bits per heavy atom. The summed E-state index contributed by atoms with van der Waals surface area (Å²) in [6.07, 6.45) is -0.595. The molecule has 0 amide bonds. The molecule has 3 aromatic rings. The highest BCUT2D eigenvalue weighted by molar-refractivity contribution is 8.02. The fourth-order valence-corrected chi connectivity index (χ4v) is 4.62. The molecule has 0 saturated carbocycles. The average molecular weight is 433 g/mol. The molecule has 0 aliphatic carbocycles. The molecule has 0 atom stereocenters. The fourth-order valence-electron chi connectivity index (χ4n) is 2.87. The van der Waals surface area contributed by atoms with E-state index in [1.165, 1.54) is 19.1 Å². The second-order valence-electron chi connectivity index (χ2n) is 5.73. The van der Waals surface area contributed by atoms with E-state index in [0.29, 0.717) is 11.3 Å². The maximum Gasteiger partial charge on any atom is 0.447 e. The number of thioether (sulfide) groups is 1. The molecule has 0 saturated heterocycles. The quantitative estimate of drug-likeness (QED) is 0.457. The van der Waals surface area contributed by atoms with Gasteiger partial charge in [-0.2, -0.15) is 13.2 Å². The number of hydrogen-bond donors (Lipinski definition) is 2. The van der Waals surface area contributed by atoms with Crippen LogP contribution in [0.5, 0.6) is 5.75 Å². The number of phenols is 1. The van der Waals surface area contributed by atoms with Gasteiger partial charge in [-0.15, -0.1) is 11.3 Å². The topological polar surface area (TPSA) is 79.5 Å². The average Bonchev–Trinajstić information content (AvgIpc) is 3.12. The number of carboxylic acids is 1. The molecule has 2 N–H and O–H groups in total. The van der Waals surface area contributed by atoms with Crippen molar-refractivity contribution in [3.8, 4) is 5.75 Å². The summed E-state index contributed by atoms with van der Waals surface area (Å²) in [5, 5.41) is 18.5. The molecule has 0 aliphatic heterocycles. The Kier molecular flexibility index (Phi) is 5.15. The number of aliphatic carboxylic acids is 1. The van der Waals surface area contributed by atoms with E-state index in [4.69, 9.17) is 5.11 Å². The number of phenolic OH excluding ortho intramolecular Hbond substituents is 1. The Morgan fingerprint density at radius 3 is 2.50 bits per heavy atom. The van der Waals surface area contributed by atoms with Crippen molar-refractivity contribution in [2.45, 2.75) is 23.1 Å². The number of aromatic hydroxyl groups is 1. The number of carbonyl (C=O) groups excluding carboxylic acids is 1. The zero-order valence-corrected chi connectivity index (χ0v) is 15.6. The van der Waals surface area contributed by atoms with Gasteiger partial charge in [0.15, 0.2) is 11.6 Å². The van der Waals surface area contributed by atoms with Gasteiger partial charge < -0.3 is 10.2 Å². The summed E-state index contributed by atoms with van der Waals surface area (Å²) in [4.78, 5) is 24.0. The van der Waals surface area contributed by atoms with Crippen LogP contribution >= 0.6 is 23.1 Å². The highest BCUT2D eigenvalue weighted by Crippen LogP contribution is 2.41. The van der Waals surface area contributed by atoms with E-state index in [9.17, 15) is 32.3 Å². The monoisotopic (exact) mass is 433 g/mol. The summed E-state index contributed by atoms with van der Waals surface area (Å²) < 4.78 is 52.9. The van der Waals surface area contributed by atoms with Crippen LogP contribution in [-0.4, -0.2) is 32.2 Å². The standard InChI is InChI=1S/C17H11F4NO4S2/c1-7-8(6-12(24)25)14-9(2-3-10(23)15(14)18)22(7)16(26)11-4-5-13(27-11)28-17(19,20)21/h2-5,23H,6H2,1H3,(H,24,25). The van der Waals surface area contributed by atoms with Gasteiger partial charge in [0.25, 0.3) is 5.91 Å². The van der Waals surface area contributed by atoms with Gasteiger partial charge >= 0.3 is 11.5 Å². The lowest BCUT2D eigenvalue weighted by Gasteiger charge is -2.06. The second kappa shape index (κ2) is 7.13. The van der Waals surface area contributed by atoms with Gasteiger partial charge in [0.05, 0.1) is 21.0 Å². The summed E-state index contributed by atoms with van der Waals surface area (Å²) in [6, 6.07) is 4.65. The molecular weight excluding hydrogens is 422 g/mol. The molecule has 0 unspecified atom stereocenters. The van der Waals surface area contributed by atoms with Crippen LogP contribution in [0.25, 0.3) is 10.9 Å². The third-order valence-corrected chi connectivity index (χ3v) is 5.89. The first-order valence-corrected chi connectivity index (χ1v) is 9.26. The Labute approximate surface area is 163 Å². The van der Waals surface area contributed by atoms with Gasteiger partial charge in [0.1, 0.15) is 0 Å². The first-order valence-electron chi connectivity index (χ1n) is 7.63. The molecule has 0 radical (unpaired) electrons. The van der Waals surface area contributed by atoms with E-state index in [1.54, 1.807) is 0 Å². The molecule has 0 bridgehead atoms. The van der Waals surface area contributed by atoms with Crippen LogP contribution in [-0.2, 0) is 11.2 Å². The summed E-state index contributed by atoms with van der Waals surface area (Å²) in [5.41, 5.74) is -4.35. The van der Waals surface area contributed by atoms with Gasteiger partial charge in [-0.25, -0.2) is 4.39 Å². The summed E-state index contributed by atoms with van der Waals surface area (Å²) in [6.45, 7) is 1.41. The van der Waals surface area contributed by atoms with Gasteiger partial charge in [0, 0.05) is 11.1 Å². The van der Waals surface area contributed by atoms with Crippen molar-refractivity contribution in [2.24, 2.45) is 0 Å². The van der Waals surface area contributed by atoms with Crippen LogP contribution < -0.4 is 0 Å². The number of hydrogen-bond acceptors (Lipinski definition) is 5. The Morgan fingerprint density at radius 2 is 1.89 bits per heavy atom. The van der Waals surface area contributed by atoms with E-state index < -0.39 is 35.4 Å². The van der Waals surface area contributed by atoms with Crippen molar-refractivity contribution in [3.63, 3.8) is 0 Å². The number of alkyl halides is 3. The molecule has 2 heterocycles. The van der Waals surface area contributed by atoms with Gasteiger partial charge in [-0.1, -0.05) is 0 Å². The number of rotatable bonds is 4. The largest absolute Gasteiger partial charge is 0.505 e. The minimum atomic E-state index is -4.50. The summed E-state index contributed by atoms with van der Waals surface area (Å²) >= 11 is 0.270. The highest BCUT2D eigenvalue weighted by Gasteiger charge is 2.31. The van der Waals surface area contributed by atoms with E-state index >= 15 is 0 Å². The predicted octanol–water partition coefficient (Wildman–Crippen LogP) is 4.78. The maximum atomic E-state index is 14.5. The molecular formula is C17H11F4NO4S2. The lowest BCUT2D eigenvalue weighted by atomic mass is 10.1. The molecule has 11 heteroatoms. The van der Waals surface area contributed by atoms with Crippen molar-refractivity contribution >= 4 is 45.9 Å². The van der Waals surface area contributed by atoms with Crippen LogP contribution in [0.2, 0.25) is 0 Å². The van der Waals surface area contributed by atoms with E-state index in [0.717, 1.165) is 16.7 Å². The smallest absolute Gasteiger partial charge is 0.447 e. The van der Waals surface area contributed by atoms with Crippen molar-refractivity contribution < 1.29 is 37.4 Å². The number of fused-ring (bicyclic) bond motifs is 1. The number of halogens is 4. The van der Waals surface area contributed by atoms with E-state index in [2.05, 4.69) is 0 Å². The van der Waals surface area contributed by atoms with Crippen molar-refractivity contribution in [1.82, 2.24) is 4.57 Å². The predicted molar refractivity (Wildman–Crippen MR) is 95.6 cm³/mol. The van der Waals surface area contributed by atoms with Crippen molar-refractivity contribution in [1.29, 1.82) is 0 Å². The molecule has 0 spiro atoms. The molecule has 0 aliphatic rings. The molecule has 148 valence electrons. The molecule has 3 rings (SSSR count). The van der Waals surface area contributed by atoms with Crippen LogP contribution in [0.15, 0.2) is 28.5 Å². The molecule has 28 heavy (non-hydrogen) atoms. The lowest BCUT2D eigenvalue weighted by Crippen LogP contribution is -2.12. The Balaban J connectivity index is 2.15. The molecule has 5 nitrogen and oxygen atoms in total. The SMILES string of the molecule is Cc1c(CC(=O)O)c2c(F)c(O)ccc2n1C(=O)c1ccc(SC(F)(F)F)s1. The highest BCUT2D eigenvalue weighted by atomic mass is 32.2. The molecule has 0 fully saturated rings. The summed E-state index contributed by atoms with van der Waals surface area (Å²) in [7, 11) is 0. The van der Waals surface area contributed by atoms with Crippen LogP contribution in [0.4, 0.5) is 17.6 Å². The second-order valence-corrected chi connectivity index (χ2v) is 8.18. The third kappa shape index (κ3) is 3.72. The number of carbonyl (C=O) groups is 2. The lowest BCUT2D eigenvalue weighted by molar-refractivity contribution is -0.136. The van der Waals surface area contributed by atoms with E-state index in [1.807, 2.05) is 0 Å². The number of aromatic nitrogens is 1. The molecule has 2 aromatic heterocycles. The zero-order chi connectivity index (χ0) is 20.8. The maximum absolute atomic E-state index is 14.5. The van der Waals surface area contributed by atoms with Gasteiger partial charge in [0.2, 0.25) is 0 Å². The van der Waals surface area contributed by atoms with E-state index in [-0.39, 0.29) is 43.0 Å². The molecule has 1 aromatic carbocycles. The van der Waals surface area contributed by atoms with Gasteiger partial charge in [-0.05, 0) is 48.5 Å². The Hall–Kier alpha value is -2.53. The number of nitrogens with zero attached hydrogens (tertiary/aromatic N) is 1. The first kappa shape index (κ1) is 20.2. The third-order valence-electron chi connectivity index (χ3n) is 3.95. The van der Waals surface area contributed by atoms with Gasteiger partial charge in [-0.3, -0.25) is 14.2 Å². The van der Waals surface area contributed by atoms with Crippen LogP contribution in [0, 0.1) is 12.7 Å². The minimum absolute atomic E-state index is 0.00527. The number of carboxylic acid groups (broad SMARTS) is 1. The summed E-state index contributed by atoms with van der Waals surface area (Å²) in [5.74, 6) is -3.76. The number of thiophene rings is 1. The first-order chi connectivity index (χ1) is 13.0. The zero-order valence-electron chi connectivity index (χ0n) is 14.0. The normalized spacial score (nSPS) is 11.9. The van der Waals surface area contributed by atoms with Crippen molar-refractivity contribution in [2.75, 3.05) is 0 Å². The fraction of sp³-hybridized carbons (Fsp3) is 0.176. The van der Waals surface area contributed by atoms with Crippen molar-refractivity contribution in [3.05, 3.63) is 46.2 Å². The van der Waals surface area contributed by atoms with Crippen LogP contribution in [0.1, 0.15) is 20.9 Å². The minimum Gasteiger partial charge on any atom is -0.505 e. The Bertz CT molecular complexity index is 1100.